The number of carbonyl (C=O) groups is 2. The second-order valence-corrected chi connectivity index (χ2v) is 6.53. The van der Waals surface area contributed by atoms with Crippen molar-refractivity contribution in [3.8, 4) is 0 Å². The highest BCUT2D eigenvalue weighted by Gasteiger charge is 2.33. The third-order valence-electron chi connectivity index (χ3n) is 3.93. The monoisotopic (exact) mass is 307 g/mol. The molecule has 1 N–H and O–H groups in total. The second-order valence-electron chi connectivity index (χ2n) is 5.32. The summed E-state index contributed by atoms with van der Waals surface area (Å²) in [6.07, 6.45) is 1.71. The molecule has 21 heavy (non-hydrogen) atoms. The van der Waals surface area contributed by atoms with Gasteiger partial charge in [-0.1, -0.05) is 31.2 Å². The summed E-state index contributed by atoms with van der Waals surface area (Å²) in [4.78, 5) is 25.4. The van der Waals surface area contributed by atoms with Crippen LogP contribution < -0.4 is 0 Å². The van der Waals surface area contributed by atoms with Crippen molar-refractivity contribution in [2.45, 2.75) is 38.0 Å². The fraction of sp³-hybridized carbons (Fsp3) is 0.500. The molecule has 0 fully saturated rings. The fourth-order valence-electron chi connectivity index (χ4n) is 2.57. The van der Waals surface area contributed by atoms with Gasteiger partial charge < -0.3 is 10.0 Å². The van der Waals surface area contributed by atoms with Crippen LogP contribution in [0.3, 0.4) is 0 Å². The minimum Gasteiger partial charge on any atom is -0.480 e. The summed E-state index contributed by atoms with van der Waals surface area (Å²) in [5.74, 6) is -0.142. The van der Waals surface area contributed by atoms with Gasteiger partial charge in [0.15, 0.2) is 0 Å². The molecule has 1 aromatic carbocycles. The molecule has 114 valence electrons. The molecule has 2 rings (SSSR count). The number of fused-ring (bicyclic) bond motifs is 1. The molecule has 0 radical (unpaired) electrons. The lowest BCUT2D eigenvalue weighted by Gasteiger charge is -2.33. The number of aryl methyl sites for hydroxylation is 1. The zero-order valence-electron chi connectivity index (χ0n) is 12.4. The molecule has 1 aromatic rings. The average molecular weight is 307 g/mol. The van der Waals surface area contributed by atoms with Crippen molar-refractivity contribution < 1.29 is 14.7 Å². The predicted molar refractivity (Wildman–Crippen MR) is 84.4 cm³/mol. The van der Waals surface area contributed by atoms with E-state index in [1.54, 1.807) is 11.8 Å². The van der Waals surface area contributed by atoms with Crippen LogP contribution in [-0.4, -0.2) is 40.2 Å². The van der Waals surface area contributed by atoms with E-state index < -0.39 is 5.97 Å². The molecule has 2 unspecified atom stereocenters. The fourth-order valence-corrected chi connectivity index (χ4v) is 3.83. The first-order chi connectivity index (χ1) is 10.0. The molecule has 1 amide bonds. The summed E-state index contributed by atoms with van der Waals surface area (Å²) in [5, 5.41) is 8.80. The lowest BCUT2D eigenvalue weighted by molar-refractivity contribution is -0.145. The first-order valence-electron chi connectivity index (χ1n) is 7.26. The summed E-state index contributed by atoms with van der Waals surface area (Å²) < 4.78 is 0. The van der Waals surface area contributed by atoms with E-state index >= 15 is 0 Å². The van der Waals surface area contributed by atoms with E-state index in [1.807, 2.05) is 32.0 Å². The van der Waals surface area contributed by atoms with Gasteiger partial charge in [0.1, 0.15) is 11.8 Å². The van der Waals surface area contributed by atoms with E-state index in [1.165, 1.54) is 10.5 Å². The summed E-state index contributed by atoms with van der Waals surface area (Å²) in [6.45, 7) is 3.64. The largest absolute Gasteiger partial charge is 0.480 e. The van der Waals surface area contributed by atoms with Crippen molar-refractivity contribution >= 4 is 23.6 Å². The van der Waals surface area contributed by atoms with Crippen LogP contribution in [0, 0.1) is 0 Å². The van der Waals surface area contributed by atoms with Crippen LogP contribution in [0.1, 0.15) is 36.6 Å². The Kier molecular flexibility index (Phi) is 5.28. The number of rotatable bonds is 5. The number of hydrogen-bond acceptors (Lipinski definition) is 3. The third-order valence-corrected chi connectivity index (χ3v) is 5.16. The van der Waals surface area contributed by atoms with Crippen molar-refractivity contribution in [2.75, 3.05) is 12.3 Å². The first-order valence-corrected chi connectivity index (χ1v) is 8.31. The summed E-state index contributed by atoms with van der Waals surface area (Å²) >= 11 is 1.61. The molecule has 1 aliphatic rings. The molecular weight excluding hydrogens is 286 g/mol. The zero-order chi connectivity index (χ0) is 15.4. The molecule has 0 saturated heterocycles. The van der Waals surface area contributed by atoms with E-state index in [-0.39, 0.29) is 23.7 Å². The number of hydrogen-bond donors (Lipinski definition) is 1. The molecular formula is C16H21NO3S. The standard InChI is InChI=1S/C16H21NO3S/c1-3-11(2)17(10-14(18)19)16(20)15-13-7-5-4-6-12(13)8-9-21-15/h4-7,11,15H,3,8-10H2,1-2H3,(H,18,19). The number of aliphatic carboxylic acids is 1. The van der Waals surface area contributed by atoms with Crippen molar-refractivity contribution in [2.24, 2.45) is 0 Å². The van der Waals surface area contributed by atoms with Crippen LogP contribution in [0.2, 0.25) is 0 Å². The molecule has 2 atom stereocenters. The van der Waals surface area contributed by atoms with Crippen LogP contribution in [0.4, 0.5) is 0 Å². The SMILES string of the molecule is CCC(C)N(CC(=O)O)C(=O)C1SCCc2ccccc21. The van der Waals surface area contributed by atoms with Gasteiger partial charge in [0.05, 0.1) is 0 Å². The number of carboxylic acid groups (broad SMARTS) is 1. The molecule has 1 heterocycles. The number of benzene rings is 1. The molecule has 5 heteroatoms. The quantitative estimate of drug-likeness (QED) is 0.908. The third kappa shape index (κ3) is 3.59. The summed E-state index contributed by atoms with van der Waals surface area (Å²) in [5.41, 5.74) is 2.24. The number of nitrogens with zero attached hydrogens (tertiary/aromatic N) is 1. The maximum absolute atomic E-state index is 12.8. The van der Waals surface area contributed by atoms with Gasteiger partial charge >= 0.3 is 5.97 Å². The number of carboxylic acids is 1. The van der Waals surface area contributed by atoms with E-state index in [0.717, 1.165) is 24.2 Å². The van der Waals surface area contributed by atoms with Crippen LogP contribution in [0.25, 0.3) is 0 Å². The van der Waals surface area contributed by atoms with Crippen LogP contribution in [-0.2, 0) is 16.0 Å². The van der Waals surface area contributed by atoms with Crippen molar-refractivity contribution in [3.05, 3.63) is 35.4 Å². The molecule has 0 saturated carbocycles. The Balaban J connectivity index is 2.27. The van der Waals surface area contributed by atoms with E-state index in [0.29, 0.717) is 0 Å². The number of thioether (sulfide) groups is 1. The first kappa shape index (κ1) is 15.9. The van der Waals surface area contributed by atoms with Gasteiger partial charge in [-0.15, -0.1) is 11.8 Å². The van der Waals surface area contributed by atoms with Crippen molar-refractivity contribution in [3.63, 3.8) is 0 Å². The lowest BCUT2D eigenvalue weighted by Crippen LogP contribution is -2.44. The van der Waals surface area contributed by atoms with Crippen molar-refractivity contribution in [1.29, 1.82) is 0 Å². The molecule has 0 aliphatic carbocycles. The van der Waals surface area contributed by atoms with Gasteiger partial charge in [-0.3, -0.25) is 9.59 Å². The van der Waals surface area contributed by atoms with Crippen molar-refractivity contribution in [1.82, 2.24) is 4.90 Å². The Labute approximate surface area is 129 Å². The number of amides is 1. The van der Waals surface area contributed by atoms with Gasteiger partial charge in [-0.25, -0.2) is 0 Å². The normalized spacial score (nSPS) is 18.7. The second kappa shape index (κ2) is 6.98. The van der Waals surface area contributed by atoms with Crippen LogP contribution in [0.15, 0.2) is 24.3 Å². The Morgan fingerprint density at radius 1 is 1.43 bits per heavy atom. The van der Waals surface area contributed by atoms with Gasteiger partial charge in [0, 0.05) is 6.04 Å². The van der Waals surface area contributed by atoms with Gasteiger partial charge in [-0.2, -0.15) is 0 Å². The summed E-state index contributed by atoms with van der Waals surface area (Å²) in [6, 6.07) is 7.90. The Morgan fingerprint density at radius 3 is 2.81 bits per heavy atom. The Morgan fingerprint density at radius 2 is 2.14 bits per heavy atom. The Bertz CT molecular complexity index is 532. The average Bonchev–Trinajstić information content (AvgIpc) is 2.50. The highest BCUT2D eigenvalue weighted by atomic mass is 32.2. The minimum absolute atomic E-state index is 0.0664. The lowest BCUT2D eigenvalue weighted by atomic mass is 10.0. The predicted octanol–water partition coefficient (Wildman–Crippen LogP) is 2.73. The van der Waals surface area contributed by atoms with Gasteiger partial charge in [-0.05, 0) is 36.6 Å². The topological polar surface area (TPSA) is 57.6 Å². The maximum Gasteiger partial charge on any atom is 0.323 e. The number of carbonyl (C=O) groups excluding carboxylic acids is 1. The molecule has 0 bridgehead atoms. The smallest absolute Gasteiger partial charge is 0.323 e. The highest BCUT2D eigenvalue weighted by molar-refractivity contribution is 8.00. The molecule has 4 nitrogen and oxygen atoms in total. The van der Waals surface area contributed by atoms with Gasteiger partial charge in [0.2, 0.25) is 5.91 Å². The molecule has 1 aliphatic heterocycles. The molecule has 0 spiro atoms. The van der Waals surface area contributed by atoms with Crippen LogP contribution >= 0.6 is 11.8 Å². The van der Waals surface area contributed by atoms with E-state index in [2.05, 4.69) is 6.07 Å². The van der Waals surface area contributed by atoms with Gasteiger partial charge in [0.25, 0.3) is 0 Å². The summed E-state index contributed by atoms with van der Waals surface area (Å²) in [7, 11) is 0. The van der Waals surface area contributed by atoms with Crippen LogP contribution in [0.5, 0.6) is 0 Å². The molecule has 0 aromatic heterocycles. The van der Waals surface area contributed by atoms with E-state index in [9.17, 15) is 9.59 Å². The zero-order valence-corrected chi connectivity index (χ0v) is 13.2. The Hall–Kier alpha value is -1.49. The maximum atomic E-state index is 12.8. The highest BCUT2D eigenvalue weighted by Crippen LogP contribution is 2.38. The minimum atomic E-state index is -0.960. The van der Waals surface area contributed by atoms with E-state index in [4.69, 9.17) is 5.11 Å².